The van der Waals surface area contributed by atoms with Crippen LogP contribution in [0.5, 0.6) is 5.75 Å². The van der Waals surface area contributed by atoms with E-state index in [9.17, 15) is 14.9 Å². The predicted octanol–water partition coefficient (Wildman–Crippen LogP) is 4.02. The van der Waals surface area contributed by atoms with Crippen LogP contribution in [0.4, 0.5) is 5.69 Å². The normalized spacial score (nSPS) is 15.9. The van der Waals surface area contributed by atoms with E-state index in [0.29, 0.717) is 16.4 Å². The van der Waals surface area contributed by atoms with Crippen LogP contribution in [-0.4, -0.2) is 24.7 Å². The van der Waals surface area contributed by atoms with E-state index < -0.39 is 0 Å². The van der Waals surface area contributed by atoms with Crippen molar-refractivity contribution in [2.75, 3.05) is 18.2 Å². The van der Waals surface area contributed by atoms with Gasteiger partial charge in [-0.1, -0.05) is 36.0 Å². The average molecular weight is 422 g/mol. The van der Waals surface area contributed by atoms with Gasteiger partial charge in [0.1, 0.15) is 5.75 Å². The van der Waals surface area contributed by atoms with Gasteiger partial charge in [-0.25, -0.2) is 0 Å². The van der Waals surface area contributed by atoms with Gasteiger partial charge >= 0.3 is 0 Å². The van der Waals surface area contributed by atoms with Gasteiger partial charge in [0.15, 0.2) is 0 Å². The number of nitrogens with one attached hydrogen (secondary N) is 2. The minimum atomic E-state index is -0.348. The molecule has 6 nitrogen and oxygen atoms in total. The van der Waals surface area contributed by atoms with E-state index in [2.05, 4.69) is 16.7 Å². The third-order valence-corrected chi connectivity index (χ3v) is 5.91. The lowest BCUT2D eigenvalue weighted by molar-refractivity contribution is -0.121. The highest BCUT2D eigenvalue weighted by Crippen LogP contribution is 2.36. The highest BCUT2D eigenvalue weighted by atomic mass is 32.2. The van der Waals surface area contributed by atoms with Gasteiger partial charge in [-0.3, -0.25) is 9.59 Å². The Labute approximate surface area is 180 Å². The smallest absolute Gasteiger partial charge is 0.234 e. The van der Waals surface area contributed by atoms with E-state index in [-0.39, 0.29) is 29.9 Å². The fourth-order valence-electron chi connectivity index (χ4n) is 3.25. The number of hydrogen-bond donors (Lipinski definition) is 2. The molecule has 1 aliphatic heterocycles. The van der Waals surface area contributed by atoms with Crippen molar-refractivity contribution in [1.29, 1.82) is 5.26 Å². The van der Waals surface area contributed by atoms with Crippen molar-refractivity contribution in [3.63, 3.8) is 0 Å². The number of methoxy groups -OCH3 is 1. The van der Waals surface area contributed by atoms with E-state index in [4.69, 9.17) is 4.74 Å². The van der Waals surface area contributed by atoms with Crippen molar-refractivity contribution in [1.82, 2.24) is 5.32 Å². The van der Waals surface area contributed by atoms with Crippen LogP contribution in [0.1, 0.15) is 29.0 Å². The summed E-state index contributed by atoms with van der Waals surface area (Å²) in [5.41, 5.74) is 4.12. The van der Waals surface area contributed by atoms with Gasteiger partial charge in [-0.2, -0.15) is 5.26 Å². The van der Waals surface area contributed by atoms with Gasteiger partial charge in [0.25, 0.3) is 0 Å². The minimum absolute atomic E-state index is 0.0868. The van der Waals surface area contributed by atoms with Gasteiger partial charge in [-0.05, 0) is 48.7 Å². The number of nitriles is 1. The van der Waals surface area contributed by atoms with Crippen molar-refractivity contribution in [3.8, 4) is 11.8 Å². The first-order chi connectivity index (χ1) is 14.4. The lowest BCUT2D eigenvalue weighted by Gasteiger charge is -2.25. The molecule has 2 aromatic rings. The molecule has 30 heavy (non-hydrogen) atoms. The predicted molar refractivity (Wildman–Crippen MR) is 118 cm³/mol. The third kappa shape index (κ3) is 5.02. The summed E-state index contributed by atoms with van der Waals surface area (Å²) < 4.78 is 5.18. The summed E-state index contributed by atoms with van der Waals surface area (Å²) >= 11 is 1.17. The average Bonchev–Trinajstić information content (AvgIpc) is 2.74. The number of allylic oxidation sites excluding steroid dienone is 1. The zero-order valence-corrected chi connectivity index (χ0v) is 17.9. The molecule has 0 spiro atoms. The molecule has 2 amide bonds. The van der Waals surface area contributed by atoms with Gasteiger partial charge in [-0.15, -0.1) is 0 Å². The van der Waals surface area contributed by atoms with Gasteiger partial charge in [0, 0.05) is 18.0 Å². The standard InChI is InChI=1S/C23H23N3O3S/c1-14-4-5-15(2)20(10-14)25-22(28)13-30-23-19(12-24)18(11-21(27)26-23)16-6-8-17(29-3)9-7-16/h4-10,18H,11,13H2,1-3H3,(H,25,28)(H,26,27)/t18-/m0/s1. The SMILES string of the molecule is COc1ccc([C@@H]2CC(=O)NC(SCC(=O)Nc3cc(C)ccc3C)=C2C#N)cc1. The maximum atomic E-state index is 12.5. The number of nitrogens with zero attached hydrogens (tertiary/aromatic N) is 1. The Bertz CT molecular complexity index is 1040. The molecule has 1 heterocycles. The highest BCUT2D eigenvalue weighted by molar-refractivity contribution is 8.03. The highest BCUT2D eigenvalue weighted by Gasteiger charge is 2.29. The van der Waals surface area contributed by atoms with Crippen molar-refractivity contribution in [2.24, 2.45) is 0 Å². The van der Waals surface area contributed by atoms with Crippen LogP contribution < -0.4 is 15.4 Å². The number of anilines is 1. The van der Waals surface area contributed by atoms with Gasteiger partial charge < -0.3 is 15.4 Å². The molecule has 2 aromatic carbocycles. The lowest BCUT2D eigenvalue weighted by atomic mass is 9.87. The monoisotopic (exact) mass is 421 g/mol. The van der Waals surface area contributed by atoms with Crippen LogP contribution in [0.2, 0.25) is 0 Å². The number of rotatable bonds is 6. The second-order valence-electron chi connectivity index (χ2n) is 7.09. The topological polar surface area (TPSA) is 91.2 Å². The summed E-state index contributed by atoms with van der Waals surface area (Å²) in [6.45, 7) is 3.89. The fourth-order valence-corrected chi connectivity index (χ4v) is 4.13. The van der Waals surface area contributed by atoms with Crippen molar-refractivity contribution in [3.05, 3.63) is 69.8 Å². The summed E-state index contributed by atoms with van der Waals surface area (Å²) in [4.78, 5) is 24.7. The molecule has 0 saturated carbocycles. The van der Waals surface area contributed by atoms with E-state index in [0.717, 1.165) is 22.4 Å². The van der Waals surface area contributed by atoms with Crippen LogP contribution in [0, 0.1) is 25.2 Å². The Balaban J connectivity index is 1.76. The molecule has 0 saturated heterocycles. The van der Waals surface area contributed by atoms with E-state index >= 15 is 0 Å². The first kappa shape index (κ1) is 21.5. The summed E-state index contributed by atoms with van der Waals surface area (Å²) in [5.74, 6) is 0.0776. The molecule has 0 bridgehead atoms. The zero-order chi connectivity index (χ0) is 21.7. The molecule has 0 aromatic heterocycles. The quantitative estimate of drug-likeness (QED) is 0.735. The number of thioether (sulfide) groups is 1. The summed E-state index contributed by atoms with van der Waals surface area (Å²) in [6, 6.07) is 15.4. The second kappa shape index (κ2) is 9.51. The van der Waals surface area contributed by atoms with E-state index in [1.807, 2.05) is 44.2 Å². The molecule has 154 valence electrons. The van der Waals surface area contributed by atoms with E-state index in [1.165, 1.54) is 11.8 Å². The molecular formula is C23H23N3O3S. The minimum Gasteiger partial charge on any atom is -0.497 e. The van der Waals surface area contributed by atoms with Crippen LogP contribution >= 0.6 is 11.8 Å². The first-order valence-electron chi connectivity index (χ1n) is 9.49. The number of carbonyl (C=O) groups excluding carboxylic acids is 2. The van der Waals surface area contributed by atoms with Crippen molar-refractivity contribution < 1.29 is 14.3 Å². The molecule has 0 radical (unpaired) electrons. The number of hydrogen-bond acceptors (Lipinski definition) is 5. The van der Waals surface area contributed by atoms with Gasteiger partial charge in [0.2, 0.25) is 11.8 Å². The molecule has 7 heteroatoms. The summed E-state index contributed by atoms with van der Waals surface area (Å²) in [7, 11) is 1.59. The summed E-state index contributed by atoms with van der Waals surface area (Å²) in [6.07, 6.45) is 0.188. The Morgan fingerprint density at radius 2 is 2.00 bits per heavy atom. The summed E-state index contributed by atoms with van der Waals surface area (Å²) in [5, 5.41) is 15.8. The first-order valence-corrected chi connectivity index (χ1v) is 10.5. The number of amides is 2. The lowest BCUT2D eigenvalue weighted by Crippen LogP contribution is -2.31. The Kier molecular flexibility index (Phi) is 6.80. The van der Waals surface area contributed by atoms with Crippen LogP contribution in [0.15, 0.2) is 53.1 Å². The third-order valence-electron chi connectivity index (χ3n) is 4.89. The maximum absolute atomic E-state index is 12.5. The molecule has 0 fully saturated rings. The Morgan fingerprint density at radius 3 is 2.67 bits per heavy atom. The van der Waals surface area contributed by atoms with Gasteiger partial charge in [0.05, 0.1) is 29.5 Å². The Hall–Kier alpha value is -3.24. The number of aryl methyl sites for hydroxylation is 2. The molecule has 1 aliphatic rings. The Morgan fingerprint density at radius 1 is 1.27 bits per heavy atom. The van der Waals surface area contributed by atoms with Crippen LogP contribution in [0.3, 0.4) is 0 Å². The second-order valence-corrected chi connectivity index (χ2v) is 8.07. The van der Waals surface area contributed by atoms with Crippen LogP contribution in [0.25, 0.3) is 0 Å². The van der Waals surface area contributed by atoms with Crippen LogP contribution in [-0.2, 0) is 9.59 Å². The molecule has 3 rings (SSSR count). The molecule has 1 atom stereocenters. The fraction of sp³-hybridized carbons (Fsp3) is 0.261. The maximum Gasteiger partial charge on any atom is 0.234 e. The van der Waals surface area contributed by atoms with E-state index in [1.54, 1.807) is 19.2 Å². The molecule has 2 N–H and O–H groups in total. The zero-order valence-electron chi connectivity index (χ0n) is 17.1. The molecular weight excluding hydrogens is 398 g/mol. The molecule has 0 unspecified atom stereocenters. The largest absolute Gasteiger partial charge is 0.497 e. The van der Waals surface area contributed by atoms with Crippen molar-refractivity contribution >= 4 is 29.3 Å². The number of carbonyl (C=O) groups is 2. The number of benzene rings is 2. The number of ether oxygens (including phenoxy) is 1. The molecule has 0 aliphatic carbocycles. The van der Waals surface area contributed by atoms with Crippen molar-refractivity contribution in [2.45, 2.75) is 26.2 Å².